The van der Waals surface area contributed by atoms with Crippen LogP contribution in [0.15, 0.2) is 18.2 Å². The van der Waals surface area contributed by atoms with Crippen LogP contribution in [0.2, 0.25) is 0 Å². The molecule has 1 heterocycles. The highest BCUT2D eigenvalue weighted by Crippen LogP contribution is 2.27. The molecule has 2 nitrogen and oxygen atoms in total. The van der Waals surface area contributed by atoms with E-state index in [1.54, 1.807) is 0 Å². The molecular weight excluding hydrogens is 266 g/mol. The molecule has 0 aromatic heterocycles. The average Bonchev–Trinajstić information content (AvgIpc) is 2.47. The molecule has 1 aromatic carbocycles. The largest absolute Gasteiger partial charge is 0.381 e. The predicted molar refractivity (Wildman–Crippen MR) is 88.6 cm³/mol. The first-order valence-corrected chi connectivity index (χ1v) is 8.75. The van der Waals surface area contributed by atoms with Crippen molar-refractivity contribution in [2.45, 2.75) is 44.9 Å². The van der Waals surface area contributed by atoms with Crippen molar-refractivity contribution in [3.63, 3.8) is 0 Å². The molecule has 1 N–H and O–H groups in total. The minimum atomic E-state index is 0.465. The molecule has 0 bridgehead atoms. The van der Waals surface area contributed by atoms with Gasteiger partial charge in [-0.05, 0) is 49.9 Å². The molecule has 0 amide bonds. The van der Waals surface area contributed by atoms with Gasteiger partial charge in [0.25, 0.3) is 0 Å². The Morgan fingerprint density at radius 1 is 1.25 bits per heavy atom. The molecule has 1 unspecified atom stereocenters. The topological polar surface area (TPSA) is 21.3 Å². The number of hydrogen-bond acceptors (Lipinski definition) is 3. The van der Waals surface area contributed by atoms with E-state index in [-0.39, 0.29) is 0 Å². The molecule has 20 heavy (non-hydrogen) atoms. The van der Waals surface area contributed by atoms with Gasteiger partial charge >= 0.3 is 0 Å². The van der Waals surface area contributed by atoms with E-state index in [9.17, 15) is 0 Å². The highest BCUT2D eigenvalue weighted by Gasteiger charge is 2.17. The van der Waals surface area contributed by atoms with Gasteiger partial charge in [-0.3, -0.25) is 0 Å². The Kier molecular flexibility index (Phi) is 6.40. The van der Waals surface area contributed by atoms with Crippen molar-refractivity contribution in [1.29, 1.82) is 0 Å². The van der Waals surface area contributed by atoms with Gasteiger partial charge < -0.3 is 10.1 Å². The minimum absolute atomic E-state index is 0.465. The van der Waals surface area contributed by atoms with E-state index in [1.165, 1.54) is 29.5 Å². The number of aryl methyl sites for hydroxylation is 2. The Bertz CT molecular complexity index is 415. The van der Waals surface area contributed by atoms with Crippen molar-refractivity contribution in [3.8, 4) is 0 Å². The molecule has 112 valence electrons. The van der Waals surface area contributed by atoms with E-state index < -0.39 is 0 Å². The van der Waals surface area contributed by atoms with Crippen LogP contribution >= 0.6 is 11.8 Å². The molecule has 3 heteroatoms. The number of ether oxygens (including phenoxy) is 1. The quantitative estimate of drug-likeness (QED) is 0.860. The second-order valence-electron chi connectivity index (χ2n) is 5.60. The lowest BCUT2D eigenvalue weighted by molar-refractivity contribution is 0.1000. The second kappa shape index (κ2) is 8.06. The number of nitrogens with one attached hydrogen (secondary N) is 1. The van der Waals surface area contributed by atoms with Crippen molar-refractivity contribution < 1.29 is 4.74 Å². The first kappa shape index (κ1) is 15.9. The van der Waals surface area contributed by atoms with Crippen LogP contribution in [0.1, 0.15) is 42.5 Å². The average molecular weight is 293 g/mol. The highest BCUT2D eigenvalue weighted by molar-refractivity contribution is 7.99. The lowest BCUT2D eigenvalue weighted by Gasteiger charge is -2.25. The smallest absolute Gasteiger partial charge is 0.0476 e. The van der Waals surface area contributed by atoms with Gasteiger partial charge in [0.2, 0.25) is 0 Å². The summed E-state index contributed by atoms with van der Waals surface area (Å²) in [4.78, 5) is 0. The van der Waals surface area contributed by atoms with Crippen molar-refractivity contribution >= 4 is 11.8 Å². The van der Waals surface area contributed by atoms with E-state index in [1.807, 2.05) is 0 Å². The van der Waals surface area contributed by atoms with Crippen molar-refractivity contribution in [2.24, 2.45) is 0 Å². The lowest BCUT2D eigenvalue weighted by Crippen LogP contribution is -2.25. The summed E-state index contributed by atoms with van der Waals surface area (Å²) in [5, 5.41) is 4.41. The fraction of sp³-hybridized carbons (Fsp3) is 0.647. The Morgan fingerprint density at radius 2 is 2.00 bits per heavy atom. The predicted octanol–water partition coefficient (Wildman–Crippen LogP) is 3.87. The van der Waals surface area contributed by atoms with Gasteiger partial charge in [0, 0.05) is 30.3 Å². The zero-order chi connectivity index (χ0) is 14.4. The van der Waals surface area contributed by atoms with Crippen molar-refractivity contribution in [2.75, 3.05) is 25.5 Å². The first-order valence-electron chi connectivity index (χ1n) is 7.70. The highest BCUT2D eigenvalue weighted by atomic mass is 32.2. The van der Waals surface area contributed by atoms with E-state index in [0.717, 1.165) is 30.8 Å². The second-order valence-corrected chi connectivity index (χ2v) is 6.93. The summed E-state index contributed by atoms with van der Waals surface area (Å²) >= 11 is 2.11. The van der Waals surface area contributed by atoms with Crippen LogP contribution in [0.25, 0.3) is 0 Å². The maximum Gasteiger partial charge on any atom is 0.0476 e. The standard InChI is InChI=1S/C17H27NOS/c1-4-18-17(12-20-16-7-9-19-10-8-16)15-6-5-13(2)14(3)11-15/h5-6,11,16-18H,4,7-10,12H2,1-3H3. The van der Waals surface area contributed by atoms with Gasteiger partial charge in [-0.15, -0.1) is 0 Å². The van der Waals surface area contributed by atoms with E-state index in [2.05, 4.69) is 56.0 Å². The SMILES string of the molecule is CCNC(CSC1CCOCC1)c1ccc(C)c(C)c1. The summed E-state index contributed by atoms with van der Waals surface area (Å²) in [6.07, 6.45) is 2.41. The number of benzene rings is 1. The van der Waals surface area contributed by atoms with E-state index >= 15 is 0 Å². The monoisotopic (exact) mass is 293 g/mol. The lowest BCUT2D eigenvalue weighted by atomic mass is 10.0. The van der Waals surface area contributed by atoms with E-state index in [4.69, 9.17) is 4.74 Å². The van der Waals surface area contributed by atoms with Gasteiger partial charge in [0.05, 0.1) is 0 Å². The Hall–Kier alpha value is -0.510. The van der Waals surface area contributed by atoms with Crippen LogP contribution in [0.5, 0.6) is 0 Å². The van der Waals surface area contributed by atoms with Crippen molar-refractivity contribution in [3.05, 3.63) is 34.9 Å². The van der Waals surface area contributed by atoms with Crippen LogP contribution in [-0.4, -0.2) is 30.8 Å². The molecule has 0 saturated carbocycles. The number of rotatable bonds is 6. The third-order valence-corrected chi connectivity index (χ3v) is 5.52. The fourth-order valence-corrected chi connectivity index (χ4v) is 3.88. The zero-order valence-corrected chi connectivity index (χ0v) is 13.8. The van der Waals surface area contributed by atoms with Crippen LogP contribution in [0, 0.1) is 13.8 Å². The molecule has 1 aliphatic heterocycles. The van der Waals surface area contributed by atoms with Crippen LogP contribution in [0.4, 0.5) is 0 Å². The summed E-state index contributed by atoms with van der Waals surface area (Å²) in [6.45, 7) is 9.46. The van der Waals surface area contributed by atoms with Crippen LogP contribution < -0.4 is 5.32 Å². The maximum atomic E-state index is 5.44. The summed E-state index contributed by atoms with van der Waals surface area (Å²) in [5.74, 6) is 1.15. The molecule has 1 saturated heterocycles. The first-order chi connectivity index (χ1) is 9.70. The molecular formula is C17H27NOS. The fourth-order valence-electron chi connectivity index (χ4n) is 2.58. The van der Waals surface area contributed by atoms with E-state index in [0.29, 0.717) is 6.04 Å². The molecule has 1 aromatic rings. The van der Waals surface area contributed by atoms with Gasteiger partial charge in [0.15, 0.2) is 0 Å². The molecule has 1 fully saturated rings. The third-order valence-electron chi connectivity index (χ3n) is 4.05. The maximum absolute atomic E-state index is 5.44. The normalized spacial score (nSPS) is 18.1. The molecule has 1 atom stereocenters. The van der Waals surface area contributed by atoms with Crippen molar-refractivity contribution in [1.82, 2.24) is 5.32 Å². The molecule has 0 spiro atoms. The minimum Gasteiger partial charge on any atom is -0.381 e. The van der Waals surface area contributed by atoms with Gasteiger partial charge in [0.1, 0.15) is 0 Å². The summed E-state index contributed by atoms with van der Waals surface area (Å²) < 4.78 is 5.44. The Labute approximate surface area is 127 Å². The van der Waals surface area contributed by atoms with Crippen LogP contribution in [-0.2, 0) is 4.74 Å². The Balaban J connectivity index is 1.96. The van der Waals surface area contributed by atoms with Gasteiger partial charge in [-0.2, -0.15) is 11.8 Å². The third kappa shape index (κ3) is 4.51. The number of hydrogen-bond donors (Lipinski definition) is 1. The van der Waals surface area contributed by atoms with Gasteiger partial charge in [-0.1, -0.05) is 25.1 Å². The number of thioether (sulfide) groups is 1. The van der Waals surface area contributed by atoms with Gasteiger partial charge in [-0.25, -0.2) is 0 Å². The zero-order valence-electron chi connectivity index (χ0n) is 12.9. The molecule has 0 aliphatic carbocycles. The molecule has 1 aliphatic rings. The summed E-state index contributed by atoms with van der Waals surface area (Å²) in [7, 11) is 0. The summed E-state index contributed by atoms with van der Waals surface area (Å²) in [6, 6.07) is 7.33. The van der Waals surface area contributed by atoms with Crippen LogP contribution in [0.3, 0.4) is 0 Å². The molecule has 2 rings (SSSR count). The molecule has 0 radical (unpaired) electrons. The summed E-state index contributed by atoms with van der Waals surface area (Å²) in [5.41, 5.74) is 4.19. The Morgan fingerprint density at radius 3 is 2.65 bits per heavy atom.